The lowest BCUT2D eigenvalue weighted by atomic mass is 10.1. The van der Waals surface area contributed by atoms with Crippen molar-refractivity contribution in [1.82, 2.24) is 9.97 Å². The molecule has 0 spiro atoms. The SMILES string of the molecule is Cc1nc2ccccc2nc1NCc1ccc(CO)cc1. The summed E-state index contributed by atoms with van der Waals surface area (Å²) in [7, 11) is 0. The van der Waals surface area contributed by atoms with Crippen LogP contribution in [0, 0.1) is 6.92 Å². The van der Waals surface area contributed by atoms with Crippen molar-refractivity contribution in [3.8, 4) is 0 Å². The second kappa shape index (κ2) is 5.89. The van der Waals surface area contributed by atoms with Crippen molar-refractivity contribution in [1.29, 1.82) is 0 Å². The number of hydrogen-bond donors (Lipinski definition) is 2. The molecule has 1 aromatic heterocycles. The molecule has 3 rings (SSSR count). The van der Waals surface area contributed by atoms with Gasteiger partial charge in [0.05, 0.1) is 23.3 Å². The van der Waals surface area contributed by atoms with Crippen molar-refractivity contribution in [2.75, 3.05) is 5.32 Å². The Kier molecular flexibility index (Phi) is 3.79. The number of anilines is 1. The van der Waals surface area contributed by atoms with Crippen LogP contribution in [0.1, 0.15) is 16.8 Å². The lowest BCUT2D eigenvalue weighted by Crippen LogP contribution is -2.05. The van der Waals surface area contributed by atoms with Gasteiger partial charge in [-0.25, -0.2) is 9.97 Å². The van der Waals surface area contributed by atoms with Gasteiger partial charge in [0.15, 0.2) is 0 Å². The van der Waals surface area contributed by atoms with Crippen LogP contribution < -0.4 is 5.32 Å². The molecular formula is C17H17N3O. The van der Waals surface area contributed by atoms with Crippen molar-refractivity contribution in [2.24, 2.45) is 0 Å². The van der Waals surface area contributed by atoms with Gasteiger partial charge in [-0.3, -0.25) is 0 Å². The second-order valence-corrected chi connectivity index (χ2v) is 4.97. The summed E-state index contributed by atoms with van der Waals surface area (Å²) in [4.78, 5) is 9.17. The Labute approximate surface area is 123 Å². The molecule has 106 valence electrons. The standard InChI is InChI=1S/C17H17N3O/c1-12-17(20-16-5-3-2-4-15(16)19-12)18-10-13-6-8-14(11-21)9-7-13/h2-9,21H,10-11H2,1H3,(H,18,20). The van der Waals surface area contributed by atoms with Crippen LogP contribution in [0.5, 0.6) is 0 Å². The Bertz CT molecular complexity index is 754. The molecule has 0 atom stereocenters. The third kappa shape index (κ3) is 3.01. The van der Waals surface area contributed by atoms with Crippen LogP contribution in [-0.2, 0) is 13.2 Å². The fraction of sp³-hybridized carbons (Fsp3) is 0.176. The summed E-state index contributed by atoms with van der Waals surface area (Å²) in [5, 5.41) is 12.4. The lowest BCUT2D eigenvalue weighted by Gasteiger charge is -2.09. The third-order valence-electron chi connectivity index (χ3n) is 3.41. The van der Waals surface area contributed by atoms with Gasteiger partial charge in [-0.2, -0.15) is 0 Å². The zero-order valence-electron chi connectivity index (χ0n) is 11.9. The van der Waals surface area contributed by atoms with Gasteiger partial charge in [0.2, 0.25) is 0 Å². The molecule has 0 amide bonds. The maximum absolute atomic E-state index is 9.04. The first kappa shape index (κ1) is 13.5. The first-order valence-corrected chi connectivity index (χ1v) is 6.92. The highest BCUT2D eigenvalue weighted by Gasteiger charge is 2.04. The Balaban J connectivity index is 1.79. The Hall–Kier alpha value is -2.46. The van der Waals surface area contributed by atoms with E-state index in [1.807, 2.05) is 55.5 Å². The first-order chi connectivity index (χ1) is 10.3. The van der Waals surface area contributed by atoms with Crippen LogP contribution in [0.2, 0.25) is 0 Å². The smallest absolute Gasteiger partial charge is 0.148 e. The summed E-state index contributed by atoms with van der Waals surface area (Å²) < 4.78 is 0. The number of nitrogens with zero attached hydrogens (tertiary/aromatic N) is 2. The van der Waals surface area contributed by atoms with Crippen LogP contribution in [0.4, 0.5) is 5.82 Å². The molecule has 0 radical (unpaired) electrons. The Morgan fingerprint density at radius 2 is 1.52 bits per heavy atom. The molecule has 0 aliphatic carbocycles. The van der Waals surface area contributed by atoms with Gasteiger partial charge in [-0.15, -0.1) is 0 Å². The van der Waals surface area contributed by atoms with Gasteiger partial charge in [-0.05, 0) is 30.2 Å². The molecule has 0 unspecified atom stereocenters. The van der Waals surface area contributed by atoms with Crippen LogP contribution in [0.15, 0.2) is 48.5 Å². The predicted molar refractivity (Wildman–Crippen MR) is 84.0 cm³/mol. The number of nitrogens with one attached hydrogen (secondary N) is 1. The van der Waals surface area contributed by atoms with Crippen molar-refractivity contribution >= 4 is 16.9 Å². The number of aryl methyl sites for hydroxylation is 1. The third-order valence-corrected chi connectivity index (χ3v) is 3.41. The number of benzene rings is 2. The fourth-order valence-corrected chi connectivity index (χ4v) is 2.20. The predicted octanol–water partition coefficient (Wildman–Crippen LogP) is 3.04. The summed E-state index contributed by atoms with van der Waals surface area (Å²) in [5.74, 6) is 0.805. The summed E-state index contributed by atoms with van der Waals surface area (Å²) >= 11 is 0. The summed E-state index contributed by atoms with van der Waals surface area (Å²) in [6.07, 6.45) is 0. The molecule has 21 heavy (non-hydrogen) atoms. The quantitative estimate of drug-likeness (QED) is 0.770. The number of rotatable bonds is 4. The highest BCUT2D eigenvalue weighted by atomic mass is 16.3. The number of hydrogen-bond acceptors (Lipinski definition) is 4. The molecular weight excluding hydrogens is 262 g/mol. The van der Waals surface area contributed by atoms with Crippen LogP contribution in [0.3, 0.4) is 0 Å². The highest BCUT2D eigenvalue weighted by molar-refractivity contribution is 5.76. The van der Waals surface area contributed by atoms with Gasteiger partial charge < -0.3 is 10.4 Å². The minimum absolute atomic E-state index is 0.0724. The van der Waals surface area contributed by atoms with Crippen LogP contribution in [0.25, 0.3) is 11.0 Å². The van der Waals surface area contributed by atoms with E-state index in [1.54, 1.807) is 0 Å². The minimum atomic E-state index is 0.0724. The molecule has 2 N–H and O–H groups in total. The van der Waals surface area contributed by atoms with Crippen molar-refractivity contribution < 1.29 is 5.11 Å². The van der Waals surface area contributed by atoms with E-state index in [0.29, 0.717) is 6.54 Å². The van der Waals surface area contributed by atoms with E-state index >= 15 is 0 Å². The average Bonchev–Trinajstić information content (AvgIpc) is 2.53. The summed E-state index contributed by atoms with van der Waals surface area (Å²) in [6, 6.07) is 15.7. The summed E-state index contributed by atoms with van der Waals surface area (Å²) in [5.41, 5.74) is 4.75. The van der Waals surface area contributed by atoms with E-state index in [2.05, 4.69) is 15.3 Å². The van der Waals surface area contributed by atoms with Gasteiger partial charge in [0.1, 0.15) is 5.82 Å². The average molecular weight is 279 g/mol. The maximum atomic E-state index is 9.04. The molecule has 0 aliphatic rings. The van der Waals surface area contributed by atoms with Gasteiger partial charge in [0, 0.05) is 6.54 Å². The highest BCUT2D eigenvalue weighted by Crippen LogP contribution is 2.16. The van der Waals surface area contributed by atoms with Crippen molar-refractivity contribution in [3.63, 3.8) is 0 Å². The maximum Gasteiger partial charge on any atom is 0.148 e. The van der Waals surface area contributed by atoms with Crippen molar-refractivity contribution in [3.05, 3.63) is 65.4 Å². The van der Waals surface area contributed by atoms with Crippen molar-refractivity contribution in [2.45, 2.75) is 20.1 Å². The molecule has 2 aromatic carbocycles. The molecule has 0 fully saturated rings. The molecule has 3 aromatic rings. The largest absolute Gasteiger partial charge is 0.392 e. The van der Waals surface area contributed by atoms with E-state index in [-0.39, 0.29) is 6.61 Å². The number of aromatic nitrogens is 2. The fourth-order valence-electron chi connectivity index (χ4n) is 2.20. The van der Waals surface area contributed by atoms with Gasteiger partial charge in [-0.1, -0.05) is 36.4 Å². The lowest BCUT2D eigenvalue weighted by molar-refractivity contribution is 0.282. The molecule has 0 saturated heterocycles. The molecule has 0 bridgehead atoms. The topological polar surface area (TPSA) is 58.0 Å². The molecule has 4 nitrogen and oxygen atoms in total. The molecule has 0 aliphatic heterocycles. The van der Waals surface area contributed by atoms with E-state index in [4.69, 9.17) is 5.11 Å². The number of para-hydroxylation sites is 2. The zero-order chi connectivity index (χ0) is 14.7. The van der Waals surface area contributed by atoms with E-state index < -0.39 is 0 Å². The molecule has 1 heterocycles. The van der Waals surface area contributed by atoms with E-state index in [1.165, 1.54) is 0 Å². The summed E-state index contributed by atoms with van der Waals surface area (Å²) in [6.45, 7) is 2.71. The van der Waals surface area contributed by atoms with E-state index in [9.17, 15) is 0 Å². The number of fused-ring (bicyclic) bond motifs is 1. The number of aliphatic hydroxyl groups is 1. The van der Waals surface area contributed by atoms with Gasteiger partial charge >= 0.3 is 0 Å². The first-order valence-electron chi connectivity index (χ1n) is 6.92. The minimum Gasteiger partial charge on any atom is -0.392 e. The zero-order valence-corrected chi connectivity index (χ0v) is 11.9. The van der Waals surface area contributed by atoms with Crippen LogP contribution in [-0.4, -0.2) is 15.1 Å². The second-order valence-electron chi connectivity index (χ2n) is 4.97. The van der Waals surface area contributed by atoms with Gasteiger partial charge in [0.25, 0.3) is 0 Å². The number of aliphatic hydroxyl groups excluding tert-OH is 1. The Morgan fingerprint density at radius 3 is 2.19 bits per heavy atom. The Morgan fingerprint density at radius 1 is 0.905 bits per heavy atom. The monoisotopic (exact) mass is 279 g/mol. The normalized spacial score (nSPS) is 10.8. The molecule has 0 saturated carbocycles. The molecule has 4 heteroatoms. The van der Waals surface area contributed by atoms with E-state index in [0.717, 1.165) is 33.7 Å². The van der Waals surface area contributed by atoms with Crippen LogP contribution >= 0.6 is 0 Å².